The minimum Gasteiger partial charge on any atom is -0.478 e. The number of carbonyl (C=O) groups is 2. The maximum absolute atomic E-state index is 10.9. The summed E-state index contributed by atoms with van der Waals surface area (Å²) in [5.74, 6) is -2.20. The summed E-state index contributed by atoms with van der Waals surface area (Å²) in [6.07, 6.45) is 1.38. The van der Waals surface area contributed by atoms with Crippen LogP contribution in [0.4, 0.5) is 0 Å². The molecule has 0 fully saturated rings. The van der Waals surface area contributed by atoms with E-state index in [1.807, 2.05) is 0 Å². The second kappa shape index (κ2) is 3.62. The second-order valence-electron chi connectivity index (χ2n) is 3.20. The van der Waals surface area contributed by atoms with E-state index < -0.39 is 11.9 Å². The number of pyridine rings is 1. The number of aromatic carboxylic acids is 2. The molecule has 0 amide bonds. The Morgan fingerprint density at radius 2 is 1.81 bits per heavy atom. The van der Waals surface area contributed by atoms with Crippen molar-refractivity contribution in [1.29, 1.82) is 0 Å². The Labute approximate surface area is 90.0 Å². The molecule has 0 aliphatic heterocycles. The molecule has 0 saturated heterocycles. The Kier molecular flexibility index (Phi) is 2.28. The van der Waals surface area contributed by atoms with Crippen molar-refractivity contribution in [2.75, 3.05) is 0 Å². The standard InChI is InChI=1S/C11H7NO4/c13-10(14)6-1-2-9-8(5-6)7(11(15)16)3-4-12-9/h1-5H,(H,13,14)(H,15,16). The van der Waals surface area contributed by atoms with Gasteiger partial charge in [-0.15, -0.1) is 0 Å². The maximum atomic E-state index is 10.9. The molecule has 0 radical (unpaired) electrons. The van der Waals surface area contributed by atoms with Crippen molar-refractivity contribution < 1.29 is 19.8 Å². The summed E-state index contributed by atoms with van der Waals surface area (Å²) in [7, 11) is 0. The zero-order valence-electron chi connectivity index (χ0n) is 8.04. The van der Waals surface area contributed by atoms with Gasteiger partial charge in [0.1, 0.15) is 0 Å². The molecule has 1 aromatic heterocycles. The Balaban J connectivity index is 2.78. The summed E-state index contributed by atoms with van der Waals surface area (Å²) in [6.45, 7) is 0. The van der Waals surface area contributed by atoms with Gasteiger partial charge < -0.3 is 10.2 Å². The van der Waals surface area contributed by atoms with E-state index in [9.17, 15) is 9.59 Å². The van der Waals surface area contributed by atoms with Crippen LogP contribution >= 0.6 is 0 Å². The first-order chi connectivity index (χ1) is 7.59. The molecular formula is C11H7NO4. The molecule has 5 heteroatoms. The maximum Gasteiger partial charge on any atom is 0.336 e. The summed E-state index contributed by atoms with van der Waals surface area (Å²) < 4.78 is 0. The molecule has 0 unspecified atom stereocenters. The number of benzene rings is 1. The smallest absolute Gasteiger partial charge is 0.336 e. The Morgan fingerprint density at radius 1 is 1.06 bits per heavy atom. The molecule has 2 rings (SSSR count). The van der Waals surface area contributed by atoms with Crippen LogP contribution in [0.5, 0.6) is 0 Å². The predicted octanol–water partition coefficient (Wildman–Crippen LogP) is 1.63. The number of carboxylic acid groups (broad SMARTS) is 2. The lowest BCUT2D eigenvalue weighted by Crippen LogP contribution is -2.01. The summed E-state index contributed by atoms with van der Waals surface area (Å²) in [5.41, 5.74) is 0.556. The van der Waals surface area contributed by atoms with Gasteiger partial charge in [-0.3, -0.25) is 4.98 Å². The van der Waals surface area contributed by atoms with E-state index in [1.165, 1.54) is 30.5 Å². The molecule has 5 nitrogen and oxygen atoms in total. The molecule has 80 valence electrons. The molecular weight excluding hydrogens is 210 g/mol. The fraction of sp³-hybridized carbons (Fsp3) is 0. The molecule has 2 N–H and O–H groups in total. The molecule has 1 heterocycles. The normalized spacial score (nSPS) is 10.2. The molecule has 2 aromatic rings. The number of carboxylic acids is 2. The number of hydrogen-bond donors (Lipinski definition) is 2. The SMILES string of the molecule is O=C(O)c1ccc2nccc(C(=O)O)c2c1. The lowest BCUT2D eigenvalue weighted by atomic mass is 10.1. The van der Waals surface area contributed by atoms with Gasteiger partial charge in [0.05, 0.1) is 16.6 Å². The molecule has 0 aliphatic rings. The first kappa shape index (κ1) is 10.1. The molecule has 0 spiro atoms. The zero-order chi connectivity index (χ0) is 11.7. The van der Waals surface area contributed by atoms with Crippen LogP contribution in [0.2, 0.25) is 0 Å². The number of rotatable bonds is 2. The van der Waals surface area contributed by atoms with Gasteiger partial charge in [0.25, 0.3) is 0 Å². The van der Waals surface area contributed by atoms with Crippen molar-refractivity contribution >= 4 is 22.8 Å². The van der Waals surface area contributed by atoms with Gasteiger partial charge >= 0.3 is 11.9 Å². The molecule has 0 aliphatic carbocycles. The van der Waals surface area contributed by atoms with Crippen LogP contribution in [0.15, 0.2) is 30.5 Å². The van der Waals surface area contributed by atoms with Crippen LogP contribution in [0.1, 0.15) is 20.7 Å². The Bertz CT molecular complexity index is 592. The minimum absolute atomic E-state index is 0.0444. The van der Waals surface area contributed by atoms with E-state index in [0.717, 1.165) is 0 Å². The van der Waals surface area contributed by atoms with E-state index >= 15 is 0 Å². The van der Waals surface area contributed by atoms with Crippen molar-refractivity contribution in [3.63, 3.8) is 0 Å². The first-order valence-corrected chi connectivity index (χ1v) is 4.45. The van der Waals surface area contributed by atoms with Gasteiger partial charge in [0, 0.05) is 11.6 Å². The average Bonchev–Trinajstić information content (AvgIpc) is 2.27. The van der Waals surface area contributed by atoms with Gasteiger partial charge in [-0.1, -0.05) is 0 Å². The fourth-order valence-corrected chi connectivity index (χ4v) is 1.47. The predicted molar refractivity (Wildman–Crippen MR) is 55.7 cm³/mol. The van der Waals surface area contributed by atoms with Gasteiger partial charge in [0.15, 0.2) is 0 Å². The van der Waals surface area contributed by atoms with Crippen LogP contribution in [-0.4, -0.2) is 27.1 Å². The summed E-state index contributed by atoms with van der Waals surface area (Å²) in [6, 6.07) is 5.54. The van der Waals surface area contributed by atoms with Crippen molar-refractivity contribution in [2.24, 2.45) is 0 Å². The highest BCUT2D eigenvalue weighted by Gasteiger charge is 2.11. The lowest BCUT2D eigenvalue weighted by Gasteiger charge is -2.02. The third-order valence-electron chi connectivity index (χ3n) is 2.22. The fourth-order valence-electron chi connectivity index (χ4n) is 1.47. The monoisotopic (exact) mass is 217 g/mol. The minimum atomic E-state index is -1.10. The topological polar surface area (TPSA) is 87.5 Å². The average molecular weight is 217 g/mol. The quantitative estimate of drug-likeness (QED) is 0.798. The molecule has 0 bridgehead atoms. The molecule has 16 heavy (non-hydrogen) atoms. The van der Waals surface area contributed by atoms with E-state index in [1.54, 1.807) is 0 Å². The second-order valence-corrected chi connectivity index (χ2v) is 3.20. The van der Waals surface area contributed by atoms with Gasteiger partial charge in [-0.2, -0.15) is 0 Å². The number of nitrogens with zero attached hydrogens (tertiary/aromatic N) is 1. The van der Waals surface area contributed by atoms with Crippen LogP contribution in [0.25, 0.3) is 10.9 Å². The summed E-state index contributed by atoms with van der Waals surface area (Å²) >= 11 is 0. The van der Waals surface area contributed by atoms with Crippen LogP contribution in [0.3, 0.4) is 0 Å². The molecule has 1 aromatic carbocycles. The van der Waals surface area contributed by atoms with Gasteiger partial charge in [-0.05, 0) is 24.3 Å². The molecule has 0 saturated carbocycles. The van der Waals surface area contributed by atoms with Crippen molar-refractivity contribution in [1.82, 2.24) is 4.98 Å². The van der Waals surface area contributed by atoms with E-state index in [-0.39, 0.29) is 11.1 Å². The number of fused-ring (bicyclic) bond motifs is 1. The van der Waals surface area contributed by atoms with E-state index in [4.69, 9.17) is 10.2 Å². The Morgan fingerprint density at radius 3 is 2.44 bits per heavy atom. The highest BCUT2D eigenvalue weighted by Crippen LogP contribution is 2.18. The van der Waals surface area contributed by atoms with E-state index in [0.29, 0.717) is 10.9 Å². The van der Waals surface area contributed by atoms with Crippen LogP contribution in [-0.2, 0) is 0 Å². The summed E-state index contributed by atoms with van der Waals surface area (Å²) in [5, 5.41) is 18.1. The third-order valence-corrected chi connectivity index (χ3v) is 2.22. The number of aromatic nitrogens is 1. The van der Waals surface area contributed by atoms with Crippen molar-refractivity contribution in [3.8, 4) is 0 Å². The van der Waals surface area contributed by atoms with E-state index in [2.05, 4.69) is 4.98 Å². The summed E-state index contributed by atoms with van der Waals surface area (Å²) in [4.78, 5) is 25.6. The number of hydrogen-bond acceptors (Lipinski definition) is 3. The largest absolute Gasteiger partial charge is 0.478 e. The Hall–Kier alpha value is -2.43. The van der Waals surface area contributed by atoms with Gasteiger partial charge in [-0.25, -0.2) is 9.59 Å². The lowest BCUT2D eigenvalue weighted by molar-refractivity contribution is 0.0685. The third kappa shape index (κ3) is 1.58. The van der Waals surface area contributed by atoms with Crippen LogP contribution < -0.4 is 0 Å². The first-order valence-electron chi connectivity index (χ1n) is 4.45. The van der Waals surface area contributed by atoms with Crippen LogP contribution in [0, 0.1) is 0 Å². The van der Waals surface area contributed by atoms with Crippen molar-refractivity contribution in [2.45, 2.75) is 0 Å². The van der Waals surface area contributed by atoms with Gasteiger partial charge in [0.2, 0.25) is 0 Å². The highest BCUT2D eigenvalue weighted by atomic mass is 16.4. The molecule has 0 atom stereocenters. The van der Waals surface area contributed by atoms with Crippen molar-refractivity contribution in [3.05, 3.63) is 41.6 Å². The zero-order valence-corrected chi connectivity index (χ0v) is 8.04. The highest BCUT2D eigenvalue weighted by molar-refractivity contribution is 6.04.